The summed E-state index contributed by atoms with van der Waals surface area (Å²) in [4.78, 5) is 1.09. The highest BCUT2D eigenvalue weighted by Gasteiger charge is 2.27. The van der Waals surface area contributed by atoms with Gasteiger partial charge in [-0.2, -0.15) is 4.39 Å². The third kappa shape index (κ3) is 2.09. The summed E-state index contributed by atoms with van der Waals surface area (Å²) in [5.41, 5.74) is 0. The Labute approximate surface area is 94.5 Å². The minimum absolute atomic E-state index is 0.00133. The molecule has 82 valence electrons. The summed E-state index contributed by atoms with van der Waals surface area (Å²) in [5, 5.41) is 0. The summed E-state index contributed by atoms with van der Waals surface area (Å²) in [6, 6.07) is 3.52. The Morgan fingerprint density at radius 3 is 3.13 bits per heavy atom. The molecule has 0 amide bonds. The molecule has 4 heteroatoms. The zero-order valence-corrected chi connectivity index (χ0v) is 7.84. The molecule has 1 saturated heterocycles. The summed E-state index contributed by atoms with van der Waals surface area (Å²) in [7, 11) is 0. The van der Waals surface area contributed by atoms with E-state index in [1.165, 1.54) is 12.1 Å². The average molecular weight is 218 g/mol. The van der Waals surface area contributed by atoms with Crippen LogP contribution >= 0.6 is 0 Å². The number of benzene rings is 1. The molecule has 1 fully saturated rings. The van der Waals surface area contributed by atoms with Gasteiger partial charge in [0, 0.05) is 19.9 Å². The van der Waals surface area contributed by atoms with Gasteiger partial charge in [0.25, 0.3) is 0 Å². The van der Waals surface area contributed by atoms with Crippen LogP contribution in [0.5, 0.6) is 5.75 Å². The zero-order chi connectivity index (χ0) is 15.1. The van der Waals surface area contributed by atoms with E-state index >= 15 is 0 Å². The van der Waals surface area contributed by atoms with Gasteiger partial charge in [0.1, 0.15) is 6.10 Å². The summed E-state index contributed by atoms with van der Waals surface area (Å²) >= 11 is 0. The van der Waals surface area contributed by atoms with Gasteiger partial charge in [0.05, 0.1) is 0 Å². The summed E-state index contributed by atoms with van der Waals surface area (Å²) in [6.07, 6.45) is -0.566. The molecule has 0 N–H and O–H groups in total. The Morgan fingerprint density at radius 1 is 1.60 bits per heavy atom. The van der Waals surface area contributed by atoms with E-state index in [9.17, 15) is 8.78 Å². The van der Waals surface area contributed by atoms with Gasteiger partial charge in [-0.15, -0.1) is 0 Å². The largest absolute Gasteiger partial charge is 0.485 e. The monoisotopic (exact) mass is 218 g/mol. The lowest BCUT2D eigenvalue weighted by molar-refractivity contribution is 0.0210. The fourth-order valence-corrected chi connectivity index (χ4v) is 1.36. The quantitative estimate of drug-likeness (QED) is 0.770. The molecule has 1 heterocycles. The highest BCUT2D eigenvalue weighted by Crippen LogP contribution is 2.22. The lowest BCUT2D eigenvalue weighted by Gasteiger charge is -2.38. The molecule has 2 nitrogen and oxygen atoms in total. The van der Waals surface area contributed by atoms with Crippen molar-refractivity contribution in [1.82, 2.24) is 4.90 Å². The first-order chi connectivity index (χ1) is 9.13. The standard InChI is InChI=1S/C11H13F2NO/c1-2-14-6-8(7-14)15-10-5-3-4-9(12)11(10)13/h3-5,8H,2,6-7H2,1H3/i1D3,2D2. The molecule has 1 aromatic rings. The zero-order valence-electron chi connectivity index (χ0n) is 12.8. The molecule has 0 bridgehead atoms. The number of halogens is 2. The Hall–Kier alpha value is -1.16. The van der Waals surface area contributed by atoms with Crippen LogP contribution in [0.25, 0.3) is 0 Å². The topological polar surface area (TPSA) is 12.5 Å². The maximum Gasteiger partial charge on any atom is 0.200 e. The lowest BCUT2D eigenvalue weighted by atomic mass is 10.1. The van der Waals surface area contributed by atoms with Crippen molar-refractivity contribution in [1.29, 1.82) is 0 Å². The second-order valence-electron chi connectivity index (χ2n) is 3.31. The van der Waals surface area contributed by atoms with Crippen LogP contribution in [0.4, 0.5) is 8.78 Å². The number of ether oxygens (including phenoxy) is 1. The molecule has 15 heavy (non-hydrogen) atoms. The van der Waals surface area contributed by atoms with Gasteiger partial charge in [-0.1, -0.05) is 12.9 Å². The molecule has 2 rings (SSSR count). The molecular formula is C11H13F2NO. The molecule has 1 aromatic carbocycles. The molecular weight excluding hydrogens is 200 g/mol. The Bertz CT molecular complexity index is 502. The van der Waals surface area contributed by atoms with Crippen LogP contribution < -0.4 is 4.74 Å². The van der Waals surface area contributed by atoms with E-state index in [1.807, 2.05) is 0 Å². The Morgan fingerprint density at radius 2 is 2.40 bits per heavy atom. The number of nitrogens with zero attached hydrogens (tertiary/aromatic N) is 1. The second-order valence-corrected chi connectivity index (χ2v) is 3.31. The molecule has 1 aliphatic heterocycles. The fourth-order valence-electron chi connectivity index (χ4n) is 1.36. The summed E-state index contributed by atoms with van der Waals surface area (Å²) in [6.45, 7) is -5.24. The molecule has 1 aliphatic rings. The van der Waals surface area contributed by atoms with Gasteiger partial charge in [0.15, 0.2) is 11.6 Å². The van der Waals surface area contributed by atoms with Gasteiger partial charge < -0.3 is 4.74 Å². The van der Waals surface area contributed by atoms with Crippen molar-refractivity contribution in [2.45, 2.75) is 13.0 Å². The molecule has 0 saturated carbocycles. The van der Waals surface area contributed by atoms with Crippen LogP contribution in [-0.4, -0.2) is 30.6 Å². The smallest absolute Gasteiger partial charge is 0.200 e. The first-order valence-corrected chi connectivity index (χ1v) is 4.48. The second kappa shape index (κ2) is 4.14. The van der Waals surface area contributed by atoms with Crippen molar-refractivity contribution < 1.29 is 20.4 Å². The molecule has 0 aliphatic carbocycles. The van der Waals surface area contributed by atoms with Crippen molar-refractivity contribution in [2.75, 3.05) is 19.6 Å². The van der Waals surface area contributed by atoms with Gasteiger partial charge in [-0.05, 0) is 18.6 Å². The number of hydrogen-bond acceptors (Lipinski definition) is 2. The van der Waals surface area contributed by atoms with Crippen molar-refractivity contribution in [2.24, 2.45) is 0 Å². The van der Waals surface area contributed by atoms with Crippen LogP contribution in [0.1, 0.15) is 13.7 Å². The first-order valence-electron chi connectivity index (χ1n) is 6.98. The van der Waals surface area contributed by atoms with Crippen molar-refractivity contribution in [3.05, 3.63) is 29.8 Å². The van der Waals surface area contributed by atoms with Crippen molar-refractivity contribution in [3.8, 4) is 5.75 Å². The van der Waals surface area contributed by atoms with Crippen molar-refractivity contribution >= 4 is 0 Å². The van der Waals surface area contributed by atoms with E-state index in [-0.39, 0.29) is 18.8 Å². The molecule has 0 spiro atoms. The van der Waals surface area contributed by atoms with E-state index in [4.69, 9.17) is 11.6 Å². The summed E-state index contributed by atoms with van der Waals surface area (Å²) in [5.74, 6) is -2.40. The van der Waals surface area contributed by atoms with Crippen LogP contribution in [0.2, 0.25) is 0 Å². The molecule has 0 aromatic heterocycles. The third-order valence-electron chi connectivity index (χ3n) is 2.22. The Balaban J connectivity index is 1.96. The maximum absolute atomic E-state index is 13.4. The first kappa shape index (κ1) is 5.80. The number of hydrogen-bond donors (Lipinski definition) is 0. The molecule has 0 atom stereocenters. The van der Waals surface area contributed by atoms with Crippen LogP contribution in [0.15, 0.2) is 18.2 Å². The molecule has 0 unspecified atom stereocenters. The predicted molar refractivity (Wildman–Crippen MR) is 52.9 cm³/mol. The van der Waals surface area contributed by atoms with Gasteiger partial charge in [-0.3, -0.25) is 4.90 Å². The number of likely N-dealkylation sites (tertiary alicyclic amines) is 1. The van der Waals surface area contributed by atoms with Crippen LogP contribution in [-0.2, 0) is 0 Å². The average Bonchev–Trinajstić information content (AvgIpc) is 2.26. The Kier molecular flexibility index (Phi) is 1.60. The number of rotatable bonds is 3. The highest BCUT2D eigenvalue weighted by atomic mass is 19.2. The predicted octanol–water partition coefficient (Wildman–Crippen LogP) is 2.05. The normalized spacial score (nSPS) is 24.3. The number of likely N-dealkylation sites (N-methyl/N-ethyl adjacent to an activating group) is 1. The highest BCUT2D eigenvalue weighted by molar-refractivity contribution is 5.25. The van der Waals surface area contributed by atoms with E-state index < -0.39 is 31.1 Å². The van der Waals surface area contributed by atoms with Crippen LogP contribution in [0.3, 0.4) is 0 Å². The van der Waals surface area contributed by atoms with Gasteiger partial charge >= 0.3 is 0 Å². The molecule has 0 radical (unpaired) electrons. The van der Waals surface area contributed by atoms with E-state index in [2.05, 4.69) is 0 Å². The van der Waals surface area contributed by atoms with Crippen LogP contribution in [0, 0.1) is 11.6 Å². The SMILES string of the molecule is [2H]C([2H])([2H])C([2H])([2H])N1CC(Oc2cccc(F)c2F)C1. The van der Waals surface area contributed by atoms with Crippen molar-refractivity contribution in [3.63, 3.8) is 0 Å². The summed E-state index contributed by atoms with van der Waals surface area (Å²) < 4.78 is 67.9. The maximum atomic E-state index is 13.4. The lowest BCUT2D eigenvalue weighted by Crippen LogP contribution is -2.53. The van der Waals surface area contributed by atoms with E-state index in [0.717, 1.165) is 11.0 Å². The van der Waals surface area contributed by atoms with Gasteiger partial charge in [0.2, 0.25) is 5.82 Å². The van der Waals surface area contributed by atoms with E-state index in [1.54, 1.807) is 0 Å². The minimum atomic E-state index is -2.78. The van der Waals surface area contributed by atoms with Gasteiger partial charge in [-0.25, -0.2) is 4.39 Å². The fraction of sp³-hybridized carbons (Fsp3) is 0.455. The van der Waals surface area contributed by atoms with E-state index in [0.29, 0.717) is 0 Å². The third-order valence-corrected chi connectivity index (χ3v) is 2.22. The minimum Gasteiger partial charge on any atom is -0.485 e.